The third-order valence-corrected chi connectivity index (χ3v) is 3.96. The van der Waals surface area contributed by atoms with E-state index < -0.39 is 5.41 Å². The Morgan fingerprint density at radius 2 is 1.76 bits per heavy atom. The fourth-order valence-electron chi connectivity index (χ4n) is 2.53. The molecule has 1 aliphatic rings. The van der Waals surface area contributed by atoms with Gasteiger partial charge in [-0.15, -0.1) is 0 Å². The van der Waals surface area contributed by atoms with E-state index in [1.807, 2.05) is 42.5 Å². The van der Waals surface area contributed by atoms with Gasteiger partial charge in [-0.1, -0.05) is 48.5 Å². The van der Waals surface area contributed by atoms with Crippen LogP contribution >= 0.6 is 0 Å². The van der Waals surface area contributed by atoms with E-state index in [2.05, 4.69) is 6.07 Å². The van der Waals surface area contributed by atoms with Gasteiger partial charge in [0.05, 0.1) is 17.0 Å². The minimum atomic E-state index is -0.469. The zero-order chi connectivity index (χ0) is 14.7. The van der Waals surface area contributed by atoms with Crippen LogP contribution < -0.4 is 0 Å². The smallest absolute Gasteiger partial charge is 0.316 e. The molecule has 3 heteroatoms. The molecule has 21 heavy (non-hydrogen) atoms. The van der Waals surface area contributed by atoms with Gasteiger partial charge >= 0.3 is 5.97 Å². The molecule has 2 aromatic rings. The van der Waals surface area contributed by atoms with Crippen LogP contribution in [0.25, 0.3) is 0 Å². The number of nitrogens with zero attached hydrogens (tertiary/aromatic N) is 1. The van der Waals surface area contributed by atoms with Gasteiger partial charge in [0.2, 0.25) is 0 Å². The molecule has 1 fully saturated rings. The van der Waals surface area contributed by atoms with E-state index in [0.717, 1.165) is 24.0 Å². The molecular weight excluding hydrogens is 262 g/mol. The highest BCUT2D eigenvalue weighted by Gasteiger charge is 2.52. The molecular formula is C18H15NO2. The molecule has 3 nitrogen and oxygen atoms in total. The summed E-state index contributed by atoms with van der Waals surface area (Å²) in [5.74, 6) is -0.193. The van der Waals surface area contributed by atoms with Gasteiger partial charge in [0.15, 0.2) is 0 Å². The van der Waals surface area contributed by atoms with Crippen molar-refractivity contribution in [3.63, 3.8) is 0 Å². The van der Waals surface area contributed by atoms with Crippen LogP contribution in [-0.4, -0.2) is 5.97 Å². The van der Waals surface area contributed by atoms with Crippen LogP contribution in [-0.2, 0) is 21.6 Å². The third-order valence-electron chi connectivity index (χ3n) is 3.96. The summed E-state index contributed by atoms with van der Waals surface area (Å²) in [4.78, 5) is 12.4. The number of carbonyl (C=O) groups excluding carboxylic acids is 1. The van der Waals surface area contributed by atoms with Crippen LogP contribution in [0.1, 0.15) is 29.5 Å². The molecule has 1 saturated carbocycles. The highest BCUT2D eigenvalue weighted by atomic mass is 16.5. The number of nitriles is 1. The number of carbonyl (C=O) groups is 1. The number of hydrogen-bond donors (Lipinski definition) is 0. The first-order valence-corrected chi connectivity index (χ1v) is 6.97. The van der Waals surface area contributed by atoms with Crippen LogP contribution in [0.5, 0.6) is 0 Å². The van der Waals surface area contributed by atoms with Gasteiger partial charge < -0.3 is 4.74 Å². The minimum Gasteiger partial charge on any atom is -0.460 e. The molecule has 0 aliphatic heterocycles. The molecule has 0 N–H and O–H groups in total. The van der Waals surface area contributed by atoms with E-state index in [0.29, 0.717) is 5.56 Å². The molecule has 104 valence electrons. The van der Waals surface area contributed by atoms with Gasteiger partial charge in [0.25, 0.3) is 0 Å². The van der Waals surface area contributed by atoms with Crippen molar-refractivity contribution in [2.45, 2.75) is 24.9 Å². The SMILES string of the molecule is N#Cc1ccccc1COC(=O)C1(c2ccccc2)CC1. The number of rotatable bonds is 4. The van der Waals surface area contributed by atoms with Crippen molar-refractivity contribution in [1.82, 2.24) is 0 Å². The van der Waals surface area contributed by atoms with E-state index in [1.165, 1.54) is 0 Å². The average Bonchev–Trinajstić information content (AvgIpc) is 3.35. The molecule has 1 aliphatic carbocycles. The summed E-state index contributed by atoms with van der Waals surface area (Å²) < 4.78 is 5.46. The summed E-state index contributed by atoms with van der Waals surface area (Å²) in [5, 5.41) is 9.04. The van der Waals surface area contributed by atoms with Crippen LogP contribution in [0.2, 0.25) is 0 Å². The van der Waals surface area contributed by atoms with Gasteiger partial charge in [-0.2, -0.15) is 5.26 Å². The lowest BCUT2D eigenvalue weighted by molar-refractivity contribution is -0.148. The third kappa shape index (κ3) is 2.53. The normalized spacial score (nSPS) is 15.0. The molecule has 0 heterocycles. The van der Waals surface area contributed by atoms with Crippen molar-refractivity contribution in [3.05, 3.63) is 71.3 Å². The fourth-order valence-corrected chi connectivity index (χ4v) is 2.53. The largest absolute Gasteiger partial charge is 0.460 e. The average molecular weight is 277 g/mol. The number of ether oxygens (including phenoxy) is 1. The molecule has 0 atom stereocenters. The standard InChI is InChI=1S/C18H15NO2/c19-12-14-6-4-5-7-15(14)13-21-17(20)18(10-11-18)16-8-2-1-3-9-16/h1-9H,10-11,13H2. The van der Waals surface area contributed by atoms with Crippen molar-refractivity contribution in [1.29, 1.82) is 5.26 Å². The van der Waals surface area contributed by atoms with Gasteiger partial charge in [-0.3, -0.25) is 4.79 Å². The molecule has 0 spiro atoms. The Kier molecular flexibility index (Phi) is 3.45. The van der Waals surface area contributed by atoms with Gasteiger partial charge in [0, 0.05) is 5.56 Å². The topological polar surface area (TPSA) is 50.1 Å². The van der Waals surface area contributed by atoms with Gasteiger partial charge in [-0.05, 0) is 24.5 Å². The minimum absolute atomic E-state index is 0.150. The molecule has 0 radical (unpaired) electrons. The number of esters is 1. The van der Waals surface area contributed by atoms with Crippen LogP contribution in [0, 0.1) is 11.3 Å². The summed E-state index contributed by atoms with van der Waals surface area (Å²) in [7, 11) is 0. The summed E-state index contributed by atoms with van der Waals surface area (Å²) >= 11 is 0. The molecule has 0 aromatic heterocycles. The number of benzene rings is 2. The maximum atomic E-state index is 12.4. The van der Waals surface area contributed by atoms with E-state index in [1.54, 1.807) is 12.1 Å². The van der Waals surface area contributed by atoms with Crippen molar-refractivity contribution in [2.24, 2.45) is 0 Å². The monoisotopic (exact) mass is 277 g/mol. The van der Waals surface area contributed by atoms with Crippen LogP contribution in [0.4, 0.5) is 0 Å². The van der Waals surface area contributed by atoms with E-state index in [9.17, 15) is 4.79 Å². The van der Waals surface area contributed by atoms with Crippen LogP contribution in [0.3, 0.4) is 0 Å². The lowest BCUT2D eigenvalue weighted by atomic mass is 9.96. The van der Waals surface area contributed by atoms with E-state index in [4.69, 9.17) is 10.00 Å². The highest BCUT2D eigenvalue weighted by molar-refractivity contribution is 5.86. The van der Waals surface area contributed by atoms with Crippen molar-refractivity contribution < 1.29 is 9.53 Å². The Balaban J connectivity index is 1.72. The van der Waals surface area contributed by atoms with Crippen LogP contribution in [0.15, 0.2) is 54.6 Å². The predicted molar refractivity (Wildman–Crippen MR) is 78.3 cm³/mol. The Hall–Kier alpha value is -2.60. The first kappa shape index (κ1) is 13.4. The van der Waals surface area contributed by atoms with Crippen molar-refractivity contribution in [3.8, 4) is 6.07 Å². The molecule has 2 aromatic carbocycles. The maximum Gasteiger partial charge on any atom is 0.316 e. The van der Waals surface area contributed by atoms with E-state index in [-0.39, 0.29) is 12.6 Å². The Morgan fingerprint density at radius 3 is 2.43 bits per heavy atom. The molecule has 0 amide bonds. The lowest BCUT2D eigenvalue weighted by Crippen LogP contribution is -2.23. The Morgan fingerprint density at radius 1 is 1.10 bits per heavy atom. The predicted octanol–water partition coefficient (Wildman–Crippen LogP) is 3.33. The molecule has 0 unspecified atom stereocenters. The summed E-state index contributed by atoms with van der Waals surface area (Å²) in [5.41, 5.74) is 1.85. The van der Waals surface area contributed by atoms with Gasteiger partial charge in [-0.25, -0.2) is 0 Å². The molecule has 3 rings (SSSR count). The van der Waals surface area contributed by atoms with Gasteiger partial charge in [0.1, 0.15) is 6.61 Å². The van der Waals surface area contributed by atoms with Crippen molar-refractivity contribution >= 4 is 5.97 Å². The number of hydrogen-bond acceptors (Lipinski definition) is 3. The summed E-state index contributed by atoms with van der Waals surface area (Å²) in [6.07, 6.45) is 1.66. The van der Waals surface area contributed by atoms with Crippen molar-refractivity contribution in [2.75, 3.05) is 0 Å². The molecule has 0 bridgehead atoms. The second kappa shape index (κ2) is 5.41. The summed E-state index contributed by atoms with van der Waals surface area (Å²) in [6, 6.07) is 19.1. The second-order valence-electron chi connectivity index (χ2n) is 5.29. The highest BCUT2D eigenvalue weighted by Crippen LogP contribution is 2.49. The first-order valence-electron chi connectivity index (χ1n) is 6.97. The summed E-state index contributed by atoms with van der Waals surface area (Å²) in [6.45, 7) is 0.150. The maximum absolute atomic E-state index is 12.4. The van der Waals surface area contributed by atoms with E-state index >= 15 is 0 Å². The Labute approximate surface area is 123 Å². The Bertz CT molecular complexity index is 697. The first-order chi connectivity index (χ1) is 10.3. The lowest BCUT2D eigenvalue weighted by Gasteiger charge is -2.15. The zero-order valence-corrected chi connectivity index (χ0v) is 11.6. The second-order valence-corrected chi connectivity index (χ2v) is 5.29. The molecule has 0 saturated heterocycles. The quantitative estimate of drug-likeness (QED) is 0.805. The fraction of sp³-hybridized carbons (Fsp3) is 0.222. The zero-order valence-electron chi connectivity index (χ0n) is 11.6.